The molecule has 0 fully saturated rings. The van der Waals surface area contributed by atoms with Gasteiger partial charge in [-0.25, -0.2) is 0 Å². The highest BCUT2D eigenvalue weighted by molar-refractivity contribution is 4.90. The standard InChI is InChI=1S/C8H18O2/c1-5-7(3,9)8(4,10)6-2/h9-10H,5-6H2,1-4H3/t7-,8-/m1/s1. The minimum absolute atomic E-state index is 0.577. The monoisotopic (exact) mass is 146 g/mol. The Morgan fingerprint density at radius 3 is 1.20 bits per heavy atom. The minimum atomic E-state index is -0.957. The van der Waals surface area contributed by atoms with E-state index in [1.807, 2.05) is 13.8 Å². The maximum absolute atomic E-state index is 9.60. The van der Waals surface area contributed by atoms with Crippen molar-refractivity contribution >= 4 is 0 Å². The Morgan fingerprint density at radius 1 is 0.900 bits per heavy atom. The van der Waals surface area contributed by atoms with Crippen LogP contribution in [0.3, 0.4) is 0 Å². The average molecular weight is 146 g/mol. The summed E-state index contributed by atoms with van der Waals surface area (Å²) in [5.41, 5.74) is -1.91. The van der Waals surface area contributed by atoms with Crippen LogP contribution in [0.15, 0.2) is 0 Å². The SMILES string of the molecule is CC[C@@](C)(O)[C@](C)(O)CC. The van der Waals surface area contributed by atoms with Gasteiger partial charge < -0.3 is 10.2 Å². The molecule has 2 atom stereocenters. The van der Waals surface area contributed by atoms with E-state index in [1.54, 1.807) is 13.8 Å². The molecule has 62 valence electrons. The van der Waals surface area contributed by atoms with E-state index < -0.39 is 11.2 Å². The van der Waals surface area contributed by atoms with E-state index in [4.69, 9.17) is 0 Å². The predicted molar refractivity (Wildman–Crippen MR) is 41.8 cm³/mol. The molecule has 0 aromatic heterocycles. The lowest BCUT2D eigenvalue weighted by Gasteiger charge is -2.37. The van der Waals surface area contributed by atoms with Crippen molar-refractivity contribution in [2.75, 3.05) is 0 Å². The van der Waals surface area contributed by atoms with Crippen LogP contribution in [0.2, 0.25) is 0 Å². The summed E-state index contributed by atoms with van der Waals surface area (Å²) in [5, 5.41) is 19.2. The molecule has 2 heteroatoms. The van der Waals surface area contributed by atoms with Crippen LogP contribution < -0.4 is 0 Å². The summed E-state index contributed by atoms with van der Waals surface area (Å²) in [5.74, 6) is 0. The summed E-state index contributed by atoms with van der Waals surface area (Å²) in [4.78, 5) is 0. The van der Waals surface area contributed by atoms with Gasteiger partial charge in [0.1, 0.15) is 0 Å². The molecular formula is C8H18O2. The molecule has 0 heterocycles. The molecular weight excluding hydrogens is 128 g/mol. The van der Waals surface area contributed by atoms with Crippen LogP contribution in [0.1, 0.15) is 40.5 Å². The van der Waals surface area contributed by atoms with Crippen molar-refractivity contribution in [3.05, 3.63) is 0 Å². The Labute approximate surface area is 62.9 Å². The molecule has 0 aliphatic carbocycles. The van der Waals surface area contributed by atoms with Gasteiger partial charge in [-0.2, -0.15) is 0 Å². The molecule has 0 aromatic carbocycles. The average Bonchev–Trinajstić information content (AvgIpc) is 1.88. The van der Waals surface area contributed by atoms with Gasteiger partial charge >= 0.3 is 0 Å². The highest BCUT2D eigenvalue weighted by Crippen LogP contribution is 2.27. The van der Waals surface area contributed by atoms with Gasteiger partial charge in [0.15, 0.2) is 0 Å². The first-order valence-corrected chi connectivity index (χ1v) is 3.82. The summed E-state index contributed by atoms with van der Waals surface area (Å²) >= 11 is 0. The number of hydrogen-bond donors (Lipinski definition) is 2. The summed E-state index contributed by atoms with van der Waals surface area (Å²) in [6, 6.07) is 0. The maximum atomic E-state index is 9.60. The lowest BCUT2D eigenvalue weighted by atomic mass is 9.82. The highest BCUT2D eigenvalue weighted by atomic mass is 16.4. The van der Waals surface area contributed by atoms with Gasteiger partial charge in [0.25, 0.3) is 0 Å². The van der Waals surface area contributed by atoms with Gasteiger partial charge in [0, 0.05) is 0 Å². The third-order valence-electron chi connectivity index (χ3n) is 2.54. The van der Waals surface area contributed by atoms with E-state index in [0.29, 0.717) is 12.8 Å². The van der Waals surface area contributed by atoms with Crippen molar-refractivity contribution in [2.45, 2.75) is 51.7 Å². The van der Waals surface area contributed by atoms with E-state index in [0.717, 1.165) is 0 Å². The molecule has 2 nitrogen and oxygen atoms in total. The Hall–Kier alpha value is -0.0800. The Morgan fingerprint density at radius 2 is 1.10 bits per heavy atom. The van der Waals surface area contributed by atoms with E-state index in [-0.39, 0.29) is 0 Å². The van der Waals surface area contributed by atoms with Crippen LogP contribution >= 0.6 is 0 Å². The van der Waals surface area contributed by atoms with Crippen molar-refractivity contribution in [1.82, 2.24) is 0 Å². The van der Waals surface area contributed by atoms with E-state index in [9.17, 15) is 10.2 Å². The number of aliphatic hydroxyl groups is 2. The fourth-order valence-corrected chi connectivity index (χ4v) is 0.762. The lowest BCUT2D eigenvalue weighted by Crippen LogP contribution is -2.48. The van der Waals surface area contributed by atoms with Gasteiger partial charge in [-0.1, -0.05) is 13.8 Å². The summed E-state index contributed by atoms with van der Waals surface area (Å²) in [6.07, 6.45) is 1.15. The van der Waals surface area contributed by atoms with Gasteiger partial charge in [0.05, 0.1) is 11.2 Å². The minimum Gasteiger partial charge on any atom is -0.387 e. The van der Waals surface area contributed by atoms with Gasteiger partial charge in [0.2, 0.25) is 0 Å². The number of rotatable bonds is 3. The molecule has 0 saturated carbocycles. The lowest BCUT2D eigenvalue weighted by molar-refractivity contribution is -0.133. The summed E-state index contributed by atoms with van der Waals surface area (Å²) in [7, 11) is 0. The highest BCUT2D eigenvalue weighted by Gasteiger charge is 2.38. The predicted octanol–water partition coefficient (Wildman–Crippen LogP) is 1.31. The summed E-state index contributed by atoms with van der Waals surface area (Å²) in [6.45, 7) is 7.06. The first-order valence-electron chi connectivity index (χ1n) is 3.82. The Balaban J connectivity index is 4.28. The molecule has 0 spiro atoms. The molecule has 0 bridgehead atoms. The normalized spacial score (nSPS) is 23.4. The molecule has 0 aliphatic rings. The van der Waals surface area contributed by atoms with E-state index >= 15 is 0 Å². The second-order valence-electron chi connectivity index (χ2n) is 3.25. The summed E-state index contributed by atoms with van der Waals surface area (Å²) < 4.78 is 0. The van der Waals surface area contributed by atoms with Crippen LogP contribution in [0.25, 0.3) is 0 Å². The smallest absolute Gasteiger partial charge is 0.0900 e. The zero-order chi connectivity index (χ0) is 8.41. The van der Waals surface area contributed by atoms with Gasteiger partial charge in [-0.15, -0.1) is 0 Å². The van der Waals surface area contributed by atoms with Gasteiger partial charge in [-0.3, -0.25) is 0 Å². The van der Waals surface area contributed by atoms with Crippen molar-refractivity contribution < 1.29 is 10.2 Å². The van der Waals surface area contributed by atoms with E-state index in [1.165, 1.54) is 0 Å². The first kappa shape index (κ1) is 9.92. The third kappa shape index (κ3) is 1.70. The second kappa shape index (κ2) is 2.89. The molecule has 10 heavy (non-hydrogen) atoms. The number of hydrogen-bond acceptors (Lipinski definition) is 2. The van der Waals surface area contributed by atoms with Crippen LogP contribution in [-0.4, -0.2) is 21.4 Å². The molecule has 0 rings (SSSR count). The second-order valence-corrected chi connectivity index (χ2v) is 3.25. The van der Waals surface area contributed by atoms with Crippen LogP contribution in [0.5, 0.6) is 0 Å². The largest absolute Gasteiger partial charge is 0.387 e. The van der Waals surface area contributed by atoms with Crippen LogP contribution in [0.4, 0.5) is 0 Å². The Bertz CT molecular complexity index is 91.8. The topological polar surface area (TPSA) is 40.5 Å². The first-order chi connectivity index (χ1) is 4.37. The van der Waals surface area contributed by atoms with Crippen LogP contribution in [-0.2, 0) is 0 Å². The molecule has 0 amide bonds. The molecule has 0 radical (unpaired) electrons. The molecule has 0 unspecified atom stereocenters. The zero-order valence-electron chi connectivity index (χ0n) is 7.31. The van der Waals surface area contributed by atoms with E-state index in [2.05, 4.69) is 0 Å². The van der Waals surface area contributed by atoms with Crippen molar-refractivity contribution in [3.63, 3.8) is 0 Å². The Kier molecular flexibility index (Phi) is 2.86. The van der Waals surface area contributed by atoms with Crippen LogP contribution in [0, 0.1) is 0 Å². The third-order valence-corrected chi connectivity index (χ3v) is 2.54. The van der Waals surface area contributed by atoms with Crippen molar-refractivity contribution in [2.24, 2.45) is 0 Å². The maximum Gasteiger partial charge on any atom is 0.0900 e. The molecule has 0 saturated heterocycles. The molecule has 0 aliphatic heterocycles. The van der Waals surface area contributed by atoms with Gasteiger partial charge in [-0.05, 0) is 26.7 Å². The van der Waals surface area contributed by atoms with Crippen molar-refractivity contribution in [3.8, 4) is 0 Å². The quantitative estimate of drug-likeness (QED) is 0.630. The molecule has 0 aromatic rings. The van der Waals surface area contributed by atoms with Crippen molar-refractivity contribution in [1.29, 1.82) is 0 Å². The fraction of sp³-hybridized carbons (Fsp3) is 1.00. The molecule has 2 N–H and O–H groups in total. The zero-order valence-corrected chi connectivity index (χ0v) is 7.31. The fourth-order valence-electron chi connectivity index (χ4n) is 0.762.